The van der Waals surface area contributed by atoms with Crippen molar-refractivity contribution in [3.8, 4) is 0 Å². The van der Waals surface area contributed by atoms with Crippen molar-refractivity contribution < 1.29 is 19.1 Å². The topological polar surface area (TPSA) is 136 Å². The molecule has 3 aromatic rings. The minimum absolute atomic E-state index is 0.116. The molecule has 0 atom stereocenters. The highest BCUT2D eigenvalue weighted by Crippen LogP contribution is 2.28. The smallest absolute Gasteiger partial charge is 0.426 e. The van der Waals surface area contributed by atoms with Crippen molar-refractivity contribution in [1.29, 1.82) is 0 Å². The Kier molecular flexibility index (Phi) is 11.4. The molecule has 2 heterocycles. The molecular formula is C32H49N7O4. The molecule has 0 aliphatic heterocycles. The van der Waals surface area contributed by atoms with Gasteiger partial charge in [0.15, 0.2) is 11.5 Å². The van der Waals surface area contributed by atoms with Gasteiger partial charge in [0.05, 0.1) is 12.7 Å². The highest BCUT2D eigenvalue weighted by Gasteiger charge is 2.28. The summed E-state index contributed by atoms with van der Waals surface area (Å²) in [6.07, 6.45) is 6.04. The van der Waals surface area contributed by atoms with Gasteiger partial charge in [-0.2, -0.15) is 9.61 Å². The molecule has 0 saturated carbocycles. The highest BCUT2D eigenvalue weighted by molar-refractivity contribution is 5.88. The number of carbonyl (C=O) groups is 2. The Morgan fingerprint density at radius 1 is 0.953 bits per heavy atom. The molecular weight excluding hydrogens is 546 g/mol. The first-order valence-corrected chi connectivity index (χ1v) is 15.1. The van der Waals surface area contributed by atoms with Crippen LogP contribution in [0.1, 0.15) is 104 Å². The molecule has 0 saturated heterocycles. The number of hydrogen-bond acceptors (Lipinski definition) is 8. The van der Waals surface area contributed by atoms with Crippen molar-refractivity contribution >= 4 is 29.5 Å². The first-order chi connectivity index (χ1) is 20.2. The minimum Gasteiger partial charge on any atom is -0.443 e. The summed E-state index contributed by atoms with van der Waals surface area (Å²) in [5.41, 5.74) is 13.2. The summed E-state index contributed by atoms with van der Waals surface area (Å²) < 4.78 is 12.8. The molecule has 43 heavy (non-hydrogen) atoms. The van der Waals surface area contributed by atoms with Gasteiger partial charge in [0.2, 0.25) is 0 Å². The van der Waals surface area contributed by atoms with E-state index in [9.17, 15) is 9.59 Å². The number of benzene rings is 1. The van der Waals surface area contributed by atoms with Crippen LogP contribution in [0.2, 0.25) is 0 Å². The number of nitrogens with zero attached hydrogens (tertiary/aromatic N) is 4. The fourth-order valence-electron chi connectivity index (χ4n) is 4.42. The summed E-state index contributed by atoms with van der Waals surface area (Å²) >= 11 is 0. The SMILES string of the molecule is CC(C)c1cnn2c(N(Cc3ccc(CCCCCCN)cc3)C(=O)OC(C)(C)C)cc(NNC(=O)OC(C)(C)C)nc12. The maximum atomic E-state index is 13.7. The second-order valence-electron chi connectivity index (χ2n) is 13.1. The third-order valence-corrected chi connectivity index (χ3v) is 6.47. The van der Waals surface area contributed by atoms with Crippen LogP contribution in [-0.2, 0) is 22.4 Å². The van der Waals surface area contributed by atoms with Gasteiger partial charge in [0, 0.05) is 11.6 Å². The van der Waals surface area contributed by atoms with Crippen molar-refractivity contribution in [3.63, 3.8) is 0 Å². The fraction of sp³-hybridized carbons (Fsp3) is 0.562. The summed E-state index contributed by atoms with van der Waals surface area (Å²) in [6, 6.07) is 9.95. The Morgan fingerprint density at radius 3 is 2.19 bits per heavy atom. The molecule has 2 amide bonds. The van der Waals surface area contributed by atoms with E-state index in [1.165, 1.54) is 10.5 Å². The van der Waals surface area contributed by atoms with E-state index in [0.29, 0.717) is 17.3 Å². The first kappa shape index (κ1) is 33.6. The van der Waals surface area contributed by atoms with Crippen LogP contribution in [0.25, 0.3) is 5.65 Å². The maximum Gasteiger partial charge on any atom is 0.426 e. The number of rotatable bonds is 12. The lowest BCUT2D eigenvalue weighted by Crippen LogP contribution is -2.38. The summed E-state index contributed by atoms with van der Waals surface area (Å²) in [5.74, 6) is 0.864. The van der Waals surface area contributed by atoms with Crippen LogP contribution in [-0.4, -0.2) is 44.5 Å². The molecule has 1 aromatic carbocycles. The number of unbranched alkanes of at least 4 members (excludes halogenated alkanes) is 3. The molecule has 4 N–H and O–H groups in total. The van der Waals surface area contributed by atoms with Crippen LogP contribution in [0.3, 0.4) is 0 Å². The van der Waals surface area contributed by atoms with Gasteiger partial charge in [0.25, 0.3) is 0 Å². The number of hydrogen-bond donors (Lipinski definition) is 3. The van der Waals surface area contributed by atoms with Gasteiger partial charge in [-0.15, -0.1) is 0 Å². The third kappa shape index (κ3) is 10.4. The van der Waals surface area contributed by atoms with Gasteiger partial charge in [-0.1, -0.05) is 51.0 Å². The van der Waals surface area contributed by atoms with Gasteiger partial charge in [0.1, 0.15) is 17.0 Å². The maximum absolute atomic E-state index is 13.7. The molecule has 3 rings (SSSR count). The molecule has 0 fully saturated rings. The quantitative estimate of drug-likeness (QED) is 0.155. The predicted molar refractivity (Wildman–Crippen MR) is 170 cm³/mol. The number of nitrogens with two attached hydrogens (primary N) is 1. The molecule has 11 heteroatoms. The van der Waals surface area contributed by atoms with Crippen LogP contribution in [0.4, 0.5) is 21.2 Å². The number of aromatic nitrogens is 3. The summed E-state index contributed by atoms with van der Waals surface area (Å²) in [5, 5.41) is 4.59. The highest BCUT2D eigenvalue weighted by atomic mass is 16.6. The number of carbonyl (C=O) groups excluding carboxylic acids is 2. The van der Waals surface area contributed by atoms with E-state index < -0.39 is 23.4 Å². The zero-order chi connectivity index (χ0) is 31.8. The Labute approximate surface area is 255 Å². The zero-order valence-corrected chi connectivity index (χ0v) is 27.0. The standard InChI is InChI=1S/C32H49N7O4/c1-22(2)25-20-34-39-27(19-26(35-28(25)39)36-37-29(40)42-31(3,4)5)38(30(41)43-32(6,7)8)21-24-16-14-23(15-17-24)13-11-9-10-12-18-33/h14-17,19-20,22H,9-13,18,21,33H2,1-8H3,(H,35,36)(H,37,40). The van der Waals surface area contributed by atoms with E-state index >= 15 is 0 Å². The normalized spacial score (nSPS) is 12.0. The number of nitrogens with one attached hydrogen (secondary N) is 2. The predicted octanol–water partition coefficient (Wildman–Crippen LogP) is 6.71. The van der Waals surface area contributed by atoms with Crippen molar-refractivity contribution in [2.45, 2.75) is 111 Å². The Bertz CT molecular complexity index is 1360. The Morgan fingerprint density at radius 2 is 1.58 bits per heavy atom. The molecule has 0 unspecified atom stereocenters. The van der Waals surface area contributed by atoms with Gasteiger partial charge < -0.3 is 15.2 Å². The third-order valence-electron chi connectivity index (χ3n) is 6.47. The number of hydrazine groups is 1. The number of anilines is 2. The van der Waals surface area contributed by atoms with E-state index in [1.807, 2.05) is 46.8 Å². The summed E-state index contributed by atoms with van der Waals surface area (Å²) in [6.45, 7) is 15.9. The molecule has 236 valence electrons. The lowest BCUT2D eigenvalue weighted by molar-refractivity contribution is 0.0537. The average molecular weight is 596 g/mol. The lowest BCUT2D eigenvalue weighted by atomic mass is 10.0. The van der Waals surface area contributed by atoms with Crippen molar-refractivity contribution in [3.05, 3.63) is 53.2 Å². The molecule has 0 aliphatic carbocycles. The van der Waals surface area contributed by atoms with Crippen LogP contribution in [0.5, 0.6) is 0 Å². The van der Waals surface area contributed by atoms with Crippen molar-refractivity contribution in [2.24, 2.45) is 5.73 Å². The van der Waals surface area contributed by atoms with Gasteiger partial charge >= 0.3 is 12.2 Å². The molecule has 0 spiro atoms. The number of fused-ring (bicyclic) bond motifs is 1. The number of amides is 2. The van der Waals surface area contributed by atoms with Crippen molar-refractivity contribution in [1.82, 2.24) is 20.0 Å². The lowest BCUT2D eigenvalue weighted by Gasteiger charge is -2.28. The average Bonchev–Trinajstić information content (AvgIpc) is 3.33. The van der Waals surface area contributed by atoms with Crippen LogP contribution in [0.15, 0.2) is 36.5 Å². The van der Waals surface area contributed by atoms with Crippen LogP contribution in [0, 0.1) is 0 Å². The summed E-state index contributed by atoms with van der Waals surface area (Å²) in [7, 11) is 0. The van der Waals surface area contributed by atoms with Crippen LogP contribution >= 0.6 is 0 Å². The summed E-state index contributed by atoms with van der Waals surface area (Å²) in [4.78, 5) is 32.3. The van der Waals surface area contributed by atoms with Gasteiger partial charge in [-0.3, -0.25) is 10.3 Å². The van der Waals surface area contributed by atoms with E-state index in [1.54, 1.807) is 37.5 Å². The molecule has 0 radical (unpaired) electrons. The second kappa shape index (κ2) is 14.5. The van der Waals surface area contributed by atoms with E-state index in [2.05, 4.69) is 28.1 Å². The monoisotopic (exact) mass is 595 g/mol. The fourth-order valence-corrected chi connectivity index (χ4v) is 4.42. The zero-order valence-electron chi connectivity index (χ0n) is 27.0. The van der Waals surface area contributed by atoms with Crippen LogP contribution < -0.4 is 21.5 Å². The Hall–Kier alpha value is -3.86. The molecule has 0 bridgehead atoms. The van der Waals surface area contributed by atoms with Gasteiger partial charge in [-0.25, -0.2) is 20.0 Å². The van der Waals surface area contributed by atoms with Gasteiger partial charge in [-0.05, 0) is 84.4 Å². The molecule has 2 aromatic heterocycles. The largest absolute Gasteiger partial charge is 0.443 e. The molecule has 0 aliphatic rings. The molecule has 11 nitrogen and oxygen atoms in total. The van der Waals surface area contributed by atoms with E-state index in [4.69, 9.17) is 20.2 Å². The number of ether oxygens (including phenoxy) is 2. The second-order valence-corrected chi connectivity index (χ2v) is 13.1. The van der Waals surface area contributed by atoms with E-state index in [0.717, 1.165) is 49.8 Å². The minimum atomic E-state index is -0.720. The Balaban J connectivity index is 1.96. The van der Waals surface area contributed by atoms with Crippen molar-refractivity contribution in [2.75, 3.05) is 16.9 Å². The van der Waals surface area contributed by atoms with E-state index in [-0.39, 0.29) is 12.5 Å². The first-order valence-electron chi connectivity index (χ1n) is 15.1. The number of aryl methyl sites for hydroxylation is 1.